The minimum absolute atomic E-state index is 0. The van der Waals surface area contributed by atoms with E-state index in [0.717, 1.165) is 5.69 Å². The lowest BCUT2D eigenvalue weighted by molar-refractivity contribution is -0.169. The number of aliphatic hydroxyl groups excluding tert-OH is 7. The Morgan fingerprint density at radius 1 is 0.505 bits per heavy atom. The van der Waals surface area contributed by atoms with Crippen LogP contribution in [0, 0.1) is 35.5 Å². The van der Waals surface area contributed by atoms with E-state index < -0.39 is 209 Å². The number of anilines is 1. The third-order valence-corrected chi connectivity index (χ3v) is 21.1. The summed E-state index contributed by atoms with van der Waals surface area (Å²) in [5.41, 5.74) is 4.07. The number of phenolic OH excluding ortho intramolecular Hbond substituents is 3. The summed E-state index contributed by atoms with van der Waals surface area (Å²) < 4.78 is 0. The molecule has 34 heteroatoms. The van der Waals surface area contributed by atoms with Gasteiger partial charge in [-0.3, -0.25) is 57.9 Å². The van der Waals surface area contributed by atoms with E-state index in [1.165, 1.54) is 80.1 Å². The summed E-state index contributed by atoms with van der Waals surface area (Å²) in [4.78, 5) is 122. The molecule has 0 heterocycles. The fourth-order valence-electron chi connectivity index (χ4n) is 16.7. The van der Waals surface area contributed by atoms with E-state index in [-0.39, 0.29) is 101 Å². The Balaban J connectivity index is 0.000000234. The van der Waals surface area contributed by atoms with Crippen molar-refractivity contribution in [1.82, 2.24) is 14.7 Å². The van der Waals surface area contributed by atoms with Crippen LogP contribution < -0.4 is 22.1 Å². The van der Waals surface area contributed by atoms with E-state index in [2.05, 4.69) is 0 Å². The molecule has 9 aliphatic rings. The first-order chi connectivity index (χ1) is 45.0. The molecule has 0 saturated heterocycles. The minimum Gasteiger partial charge on any atom is -0.508 e. The number of amides is 3. The van der Waals surface area contributed by atoms with Crippen LogP contribution in [-0.4, -0.2) is 242 Å². The summed E-state index contributed by atoms with van der Waals surface area (Å²) in [6, 6.07) is 8.15. The molecule has 22 N–H and O–H groups in total. The van der Waals surface area contributed by atoms with Crippen LogP contribution in [0.25, 0.3) is 17.3 Å². The molecule has 31 nitrogen and oxygen atoms in total. The molecular weight excluding hydrogens is 1390 g/mol. The second kappa shape index (κ2) is 27.4. The average molecular weight is 1470 g/mol. The van der Waals surface area contributed by atoms with Crippen LogP contribution in [0.2, 0.25) is 0 Å². The van der Waals surface area contributed by atoms with Crippen LogP contribution in [-0.2, 0) is 55.2 Å². The van der Waals surface area contributed by atoms with Gasteiger partial charge in [0.25, 0.3) is 17.7 Å². The van der Waals surface area contributed by atoms with Crippen molar-refractivity contribution in [2.24, 2.45) is 52.7 Å². The van der Waals surface area contributed by atoms with Crippen molar-refractivity contribution in [1.29, 1.82) is 0 Å². The van der Waals surface area contributed by atoms with Gasteiger partial charge < -0.3 is 99.1 Å². The van der Waals surface area contributed by atoms with Crippen LogP contribution in [0.15, 0.2) is 99.2 Å². The number of carbonyl (C=O) groups is 9. The van der Waals surface area contributed by atoms with E-state index in [1.807, 2.05) is 19.0 Å². The van der Waals surface area contributed by atoms with Gasteiger partial charge in [-0.1, -0.05) is 31.2 Å². The summed E-state index contributed by atoms with van der Waals surface area (Å²) in [7, 11) is 12.7. The van der Waals surface area contributed by atoms with Crippen LogP contribution in [0.3, 0.4) is 0 Å². The molecule has 0 aromatic heterocycles. The number of halogens is 3. The molecule has 9 aliphatic carbocycles. The number of nitrogens with two attached hydrogens (primary N) is 3. The van der Waals surface area contributed by atoms with Crippen molar-refractivity contribution in [3.63, 3.8) is 0 Å². The van der Waals surface area contributed by atoms with Gasteiger partial charge in [0.2, 0.25) is 17.3 Å². The van der Waals surface area contributed by atoms with E-state index in [4.69, 9.17) is 17.2 Å². The highest BCUT2D eigenvalue weighted by molar-refractivity contribution is 6.27. The van der Waals surface area contributed by atoms with Crippen molar-refractivity contribution in [3.8, 4) is 17.2 Å². The fraction of sp³-hybridized carbons (Fsp3) is 0.418. The normalized spacial score (nSPS) is 31.3. The summed E-state index contributed by atoms with van der Waals surface area (Å²) >= 11 is 0. The number of hydrogen-bond donors (Lipinski definition) is 17. The Morgan fingerprint density at radius 3 is 1.37 bits per heavy atom. The molecule has 101 heavy (non-hydrogen) atoms. The van der Waals surface area contributed by atoms with Gasteiger partial charge in [0, 0.05) is 60.2 Å². The maximum Gasteiger partial charge on any atom is 0.255 e. The highest BCUT2D eigenvalue weighted by Crippen LogP contribution is 2.60. The summed E-state index contributed by atoms with van der Waals surface area (Å²) in [5, 5.41) is 154. The summed E-state index contributed by atoms with van der Waals surface area (Å²) in [6.45, 7) is 3.08. The van der Waals surface area contributed by atoms with Gasteiger partial charge in [-0.2, -0.15) is 0 Å². The molecule has 0 aliphatic heterocycles. The molecule has 15 atom stereocenters. The first-order valence-electron chi connectivity index (χ1n) is 30.5. The third-order valence-electron chi connectivity index (χ3n) is 21.1. The Hall–Kier alpha value is -8.96. The number of hydrogen-bond acceptors (Lipinski definition) is 27. The number of aromatic hydroxyl groups is 3. The first-order valence-corrected chi connectivity index (χ1v) is 30.5. The van der Waals surface area contributed by atoms with E-state index in [9.17, 15) is 115 Å². The van der Waals surface area contributed by atoms with E-state index in [1.54, 1.807) is 39.2 Å². The molecule has 3 saturated carbocycles. The number of phenols is 3. The van der Waals surface area contributed by atoms with Crippen LogP contribution >= 0.6 is 37.2 Å². The number of rotatable bonds is 7. The molecule has 0 unspecified atom stereocenters. The second-order valence-corrected chi connectivity index (χ2v) is 27.1. The molecule has 0 bridgehead atoms. The zero-order valence-electron chi connectivity index (χ0n) is 55.8. The van der Waals surface area contributed by atoms with Gasteiger partial charge >= 0.3 is 0 Å². The second-order valence-electron chi connectivity index (χ2n) is 27.1. The fourth-order valence-corrected chi connectivity index (χ4v) is 16.7. The molecule has 0 radical (unpaired) electrons. The minimum atomic E-state index is -2.89. The van der Waals surface area contributed by atoms with Crippen LogP contribution in [0.4, 0.5) is 5.69 Å². The molecule has 3 fully saturated rings. The Morgan fingerprint density at radius 2 is 0.901 bits per heavy atom. The van der Waals surface area contributed by atoms with Gasteiger partial charge in [0.05, 0.1) is 52.4 Å². The van der Waals surface area contributed by atoms with Crippen molar-refractivity contribution in [2.45, 2.75) is 85.7 Å². The van der Waals surface area contributed by atoms with Crippen molar-refractivity contribution in [3.05, 3.63) is 133 Å². The van der Waals surface area contributed by atoms with Crippen molar-refractivity contribution in [2.75, 3.05) is 61.3 Å². The lowest BCUT2D eigenvalue weighted by atomic mass is 9.54. The molecular formula is C67H80Cl3N7O24. The lowest BCUT2D eigenvalue weighted by Gasteiger charge is -2.53. The number of Topliss-reactive ketones (excluding diaryl/α,β-unsaturated/α-hetero) is 6. The number of carbonyl (C=O) groups excluding carboxylic acids is 9. The largest absolute Gasteiger partial charge is 0.508 e. The maximum absolute atomic E-state index is 13.7. The molecule has 548 valence electrons. The van der Waals surface area contributed by atoms with Crippen molar-refractivity contribution >= 4 is 113 Å². The van der Waals surface area contributed by atoms with E-state index >= 15 is 0 Å². The Kier molecular flexibility index (Phi) is 22.0. The number of ketones is 6. The third kappa shape index (κ3) is 11.2. The highest BCUT2D eigenvalue weighted by atomic mass is 35.5. The summed E-state index contributed by atoms with van der Waals surface area (Å²) in [5.74, 6) is -23.3. The predicted molar refractivity (Wildman–Crippen MR) is 364 cm³/mol. The lowest BCUT2D eigenvalue weighted by Crippen LogP contribution is -2.70. The molecule has 3 aromatic carbocycles. The van der Waals surface area contributed by atoms with Gasteiger partial charge in [-0.15, -0.1) is 37.2 Å². The number of aliphatic hydroxyl groups is 11. The number of fused-ring (bicyclic) bond motifs is 9. The topological polar surface area (TPSA) is 559 Å². The van der Waals surface area contributed by atoms with Crippen LogP contribution in [0.1, 0.15) is 66.0 Å². The van der Waals surface area contributed by atoms with Crippen molar-refractivity contribution < 1.29 is 120 Å². The molecule has 3 aromatic rings. The quantitative estimate of drug-likeness (QED) is 0.134. The van der Waals surface area contributed by atoms with Gasteiger partial charge in [0.1, 0.15) is 68.5 Å². The predicted octanol–water partition coefficient (Wildman–Crippen LogP) is -0.404. The van der Waals surface area contributed by atoms with Crippen LogP contribution in [0.5, 0.6) is 17.2 Å². The average Bonchev–Trinajstić information content (AvgIpc) is 0.702. The first kappa shape index (κ1) is 81.0. The SMILES string of the molecule is CN(C)[C@@H]1C(=O)C(C(N)=O)=C(O)[C@@]2(O)C(=O)C3=C(O)c4c(O)cccc4[C@@](C)(O)[C@H]3C[C@@H]12.CN(C)c1ccc(O)c2c1C[C@H]1C[C@H]3[C@H](N(C)C)C(=O)C(C(N)=O)=C(O)[C@@]3(O)C(=O)C1=C2O.C[C@H]1c2cccc(O)c2C(O)=C2C(=O)[C@]3(O)C(O)=C(C(N)=O)C(=O)[C@@H](N(C)C)[C@@H]3[C@@H](O)[C@@H]21.Cl.Cl.Cl.O. The zero-order chi connectivity index (χ0) is 72.3. The van der Waals surface area contributed by atoms with Gasteiger partial charge in [0.15, 0.2) is 34.2 Å². The van der Waals surface area contributed by atoms with E-state index in [0.29, 0.717) is 11.1 Å². The molecule has 3 amide bonds. The summed E-state index contributed by atoms with van der Waals surface area (Å²) in [6.07, 6.45) is -1.47. The molecule has 0 spiro atoms. The standard InChI is InChI=1S/C23H27N3O7.2C22H24N2O8.3ClH.H2O/c1-25(2)12-5-6-13(27)15-10(12)7-9-8-11-17(26(3)4)19(29)16(22(24)32)21(31)23(11,33)20(30)14(9)18(15)28;1-21(31)8-5-4-6-11(25)12(8)16(26)13-9(21)7-10-15(24(2)3)17(27)14(20(23)30)19(29)22(10,32)18(13)28;1-7-8-5-4-6-9(25)11(8)16(26)12-10(7)17(27)14-15(24(2)3)18(28)13(21(23)31)20(30)22(14,32)19(12)29;;;;/h5-6,9,11,17,27-28,31,33H,7-8H2,1-4H3,(H2,24,32);4-6,9-10,15,25-26,29,31-32H,7H2,1-3H3,(H2,23,30);4-7,10,14-15,17,25-27,30,32H,1-3H3,(H2,23,31);3*1H;1H2/t9-,11-,17-,23-;9-,10-,15-,21+,22-;7-,10+,14+,15-,17-,22-;;;;/m000..../s1. The zero-order valence-corrected chi connectivity index (χ0v) is 58.2. The van der Waals surface area contributed by atoms with Gasteiger partial charge in [-0.25, -0.2) is 0 Å². The Labute approximate surface area is 594 Å². The molecule has 12 rings (SSSR count). The number of nitrogens with zero attached hydrogens (tertiary/aromatic N) is 4. The highest BCUT2D eigenvalue weighted by Gasteiger charge is 2.70. The maximum atomic E-state index is 13.7. The number of primary amides is 3. The number of benzene rings is 3. The Bertz CT molecular complexity index is 4310. The van der Waals surface area contributed by atoms with Gasteiger partial charge in [-0.05, 0) is 121 Å². The smallest absolute Gasteiger partial charge is 0.255 e. The monoisotopic (exact) mass is 1470 g/mol. The number of likely N-dealkylation sites (N-methyl/N-ethyl adjacent to an activating group) is 3.